The van der Waals surface area contributed by atoms with Crippen LogP contribution in [0.5, 0.6) is 0 Å². The van der Waals surface area contributed by atoms with E-state index in [0.717, 1.165) is 36.5 Å². The highest BCUT2D eigenvalue weighted by molar-refractivity contribution is 5.80. The number of aliphatic hydroxyl groups excluding tert-OH is 2. The molecule has 34 heavy (non-hydrogen) atoms. The Morgan fingerprint density at radius 1 is 0.971 bits per heavy atom. The van der Waals surface area contributed by atoms with Gasteiger partial charge in [0, 0.05) is 23.7 Å². The molecule has 0 amide bonds. The van der Waals surface area contributed by atoms with E-state index in [1.54, 1.807) is 0 Å². The van der Waals surface area contributed by atoms with Gasteiger partial charge in [0.1, 0.15) is 11.6 Å². The van der Waals surface area contributed by atoms with Crippen molar-refractivity contribution in [3.8, 4) is 22.5 Å². The Morgan fingerprint density at radius 2 is 1.50 bits per heavy atom. The van der Waals surface area contributed by atoms with Gasteiger partial charge in [0.25, 0.3) is 0 Å². The summed E-state index contributed by atoms with van der Waals surface area (Å²) >= 11 is 0. The summed E-state index contributed by atoms with van der Waals surface area (Å²) < 4.78 is 69.1. The van der Waals surface area contributed by atoms with E-state index in [-0.39, 0.29) is 22.5 Å². The molecule has 2 atom stereocenters. The number of alkyl halides is 3. The van der Waals surface area contributed by atoms with Crippen molar-refractivity contribution in [3.63, 3.8) is 0 Å². The highest BCUT2D eigenvalue weighted by Crippen LogP contribution is 2.39. The fourth-order valence-electron chi connectivity index (χ4n) is 3.30. The number of benzene rings is 2. The Bertz CT molecular complexity index is 1170. The molecule has 3 rings (SSSR count). The third kappa shape index (κ3) is 6.06. The summed E-state index contributed by atoms with van der Waals surface area (Å²) in [7, 11) is 0. The number of aliphatic hydroxyl groups is 2. The van der Waals surface area contributed by atoms with Gasteiger partial charge >= 0.3 is 12.1 Å². The molecule has 0 fully saturated rings. The van der Waals surface area contributed by atoms with Crippen molar-refractivity contribution in [2.24, 2.45) is 0 Å². The topological polar surface area (TPSA) is 95.6 Å². The van der Waals surface area contributed by atoms with Crippen LogP contribution in [0.15, 0.2) is 54.6 Å². The lowest BCUT2D eigenvalue weighted by Gasteiger charge is -2.13. The van der Waals surface area contributed by atoms with Crippen LogP contribution in [0.3, 0.4) is 0 Å². The van der Waals surface area contributed by atoms with Crippen molar-refractivity contribution in [3.05, 3.63) is 72.1 Å². The van der Waals surface area contributed by atoms with Crippen LogP contribution in [0.4, 0.5) is 22.0 Å². The molecular weight excluding hydrogens is 463 g/mol. The number of carboxylic acid groups (broad SMARTS) is 1. The van der Waals surface area contributed by atoms with Gasteiger partial charge in [-0.05, 0) is 54.6 Å². The van der Waals surface area contributed by atoms with E-state index >= 15 is 0 Å². The van der Waals surface area contributed by atoms with Gasteiger partial charge in [0.05, 0.1) is 30.0 Å². The molecular formula is C23H19F5N2O4. The van der Waals surface area contributed by atoms with E-state index in [0.29, 0.717) is 4.57 Å². The van der Waals surface area contributed by atoms with E-state index < -0.39 is 54.7 Å². The van der Waals surface area contributed by atoms with E-state index in [1.807, 2.05) is 0 Å². The molecule has 1 aromatic heterocycles. The Labute approximate surface area is 190 Å². The molecule has 3 aromatic rings. The van der Waals surface area contributed by atoms with E-state index in [9.17, 15) is 37.0 Å². The highest BCUT2D eigenvalue weighted by atomic mass is 19.4. The molecule has 6 nitrogen and oxygen atoms in total. The van der Waals surface area contributed by atoms with Crippen molar-refractivity contribution in [2.75, 3.05) is 0 Å². The normalized spacial score (nSPS) is 13.9. The first-order valence-electron chi connectivity index (χ1n) is 9.93. The predicted octanol–water partition coefficient (Wildman–Crippen LogP) is 4.57. The van der Waals surface area contributed by atoms with Crippen LogP contribution in [-0.2, 0) is 11.0 Å². The van der Waals surface area contributed by atoms with Gasteiger partial charge in [-0.3, -0.25) is 9.36 Å². The van der Waals surface area contributed by atoms with Crippen LogP contribution in [0.25, 0.3) is 28.7 Å². The number of imidazole rings is 1. The summed E-state index contributed by atoms with van der Waals surface area (Å²) in [6.45, 7) is 0. The predicted molar refractivity (Wildman–Crippen MR) is 112 cm³/mol. The Morgan fingerprint density at radius 3 is 2.00 bits per heavy atom. The summed E-state index contributed by atoms with van der Waals surface area (Å²) in [4.78, 5) is 14.4. The molecule has 2 aromatic carbocycles. The van der Waals surface area contributed by atoms with Crippen molar-refractivity contribution in [2.45, 2.75) is 31.2 Å². The van der Waals surface area contributed by atoms with Crippen LogP contribution in [0.1, 0.15) is 18.7 Å². The Kier molecular flexibility index (Phi) is 7.48. The number of rotatable bonds is 8. The molecule has 2 unspecified atom stereocenters. The van der Waals surface area contributed by atoms with Crippen LogP contribution in [0, 0.1) is 11.6 Å². The maximum atomic E-state index is 13.9. The molecule has 3 N–H and O–H groups in total. The van der Waals surface area contributed by atoms with Gasteiger partial charge in [0.15, 0.2) is 0 Å². The average molecular weight is 482 g/mol. The SMILES string of the molecule is O=C(O)CC(O)CC(O)/C=C/n1c(C(F)(F)F)nc(-c2ccc(F)cc2)c1-c1ccc(F)cc1. The number of nitrogens with zero attached hydrogens (tertiary/aromatic N) is 2. The first-order valence-corrected chi connectivity index (χ1v) is 9.93. The highest BCUT2D eigenvalue weighted by Gasteiger charge is 2.39. The van der Waals surface area contributed by atoms with Gasteiger partial charge in [-0.25, -0.2) is 13.8 Å². The lowest BCUT2D eigenvalue weighted by molar-refractivity contribution is -0.145. The van der Waals surface area contributed by atoms with Crippen LogP contribution in [0.2, 0.25) is 0 Å². The minimum Gasteiger partial charge on any atom is -0.481 e. The summed E-state index contributed by atoms with van der Waals surface area (Å²) in [5, 5.41) is 28.5. The zero-order valence-corrected chi connectivity index (χ0v) is 17.4. The van der Waals surface area contributed by atoms with Gasteiger partial charge in [-0.2, -0.15) is 13.2 Å². The quantitative estimate of drug-likeness (QED) is 0.409. The second kappa shape index (κ2) is 10.1. The Balaban J connectivity index is 2.15. The van der Waals surface area contributed by atoms with Crippen LogP contribution in [-0.4, -0.2) is 43.0 Å². The maximum Gasteiger partial charge on any atom is 0.450 e. The first-order chi connectivity index (χ1) is 16.0. The second-order valence-electron chi connectivity index (χ2n) is 7.41. The fourth-order valence-corrected chi connectivity index (χ4v) is 3.30. The smallest absolute Gasteiger partial charge is 0.450 e. The molecule has 0 aliphatic carbocycles. The standard InChI is InChI=1S/C23H19F5N2O4/c24-15-5-1-13(2-6-15)20-21(14-3-7-16(25)8-4-14)30(22(29-20)23(26,27)28)10-9-17(31)11-18(32)12-19(33)34/h1-10,17-18,31-32H,11-12H2,(H,33,34)/b10-9+. The Hall–Kier alpha value is -3.57. The second-order valence-corrected chi connectivity index (χ2v) is 7.41. The van der Waals surface area contributed by atoms with Crippen molar-refractivity contribution in [1.82, 2.24) is 9.55 Å². The number of hydrogen-bond donors (Lipinski definition) is 3. The van der Waals surface area contributed by atoms with Crippen molar-refractivity contribution < 1.29 is 42.1 Å². The van der Waals surface area contributed by atoms with Gasteiger partial charge in [-0.15, -0.1) is 0 Å². The molecule has 11 heteroatoms. The summed E-state index contributed by atoms with van der Waals surface area (Å²) in [5.74, 6) is -3.89. The third-order valence-corrected chi connectivity index (χ3v) is 4.78. The number of halogens is 5. The summed E-state index contributed by atoms with van der Waals surface area (Å²) in [6.07, 6.45) is -7.09. The van der Waals surface area contributed by atoms with E-state index in [1.165, 1.54) is 24.3 Å². The third-order valence-electron chi connectivity index (χ3n) is 4.78. The molecule has 1 heterocycles. The molecule has 0 saturated heterocycles. The number of carboxylic acids is 1. The number of aliphatic carboxylic acids is 1. The number of aromatic nitrogens is 2. The molecule has 0 bridgehead atoms. The summed E-state index contributed by atoms with van der Waals surface area (Å²) in [5.41, 5.74) is 0.0574. The number of carbonyl (C=O) groups is 1. The average Bonchev–Trinajstić information content (AvgIpc) is 3.12. The van der Waals surface area contributed by atoms with E-state index in [4.69, 9.17) is 5.11 Å². The first kappa shape index (κ1) is 25.1. The summed E-state index contributed by atoms with van der Waals surface area (Å²) in [6, 6.07) is 9.20. The minimum atomic E-state index is -4.94. The zero-order valence-electron chi connectivity index (χ0n) is 17.4. The monoisotopic (exact) mass is 482 g/mol. The van der Waals surface area contributed by atoms with E-state index in [2.05, 4.69) is 4.98 Å². The lowest BCUT2D eigenvalue weighted by Crippen LogP contribution is -2.19. The van der Waals surface area contributed by atoms with Gasteiger partial charge in [0.2, 0.25) is 5.82 Å². The van der Waals surface area contributed by atoms with Crippen molar-refractivity contribution >= 4 is 12.2 Å². The maximum absolute atomic E-state index is 13.9. The molecule has 0 aliphatic rings. The van der Waals surface area contributed by atoms with Crippen LogP contribution >= 0.6 is 0 Å². The lowest BCUT2D eigenvalue weighted by atomic mass is 10.0. The fraction of sp³-hybridized carbons (Fsp3) is 0.217. The van der Waals surface area contributed by atoms with Crippen molar-refractivity contribution in [1.29, 1.82) is 0 Å². The number of hydrogen-bond acceptors (Lipinski definition) is 4. The molecule has 180 valence electrons. The minimum absolute atomic E-state index is 0.103. The largest absolute Gasteiger partial charge is 0.481 e. The van der Waals surface area contributed by atoms with Gasteiger partial charge < -0.3 is 15.3 Å². The molecule has 0 saturated carbocycles. The molecule has 0 aliphatic heterocycles. The zero-order chi connectivity index (χ0) is 25.0. The molecule has 0 radical (unpaired) electrons. The molecule has 0 spiro atoms. The van der Waals surface area contributed by atoms with Gasteiger partial charge in [-0.1, -0.05) is 0 Å². The van der Waals surface area contributed by atoms with Crippen LogP contribution < -0.4 is 0 Å².